The molecule has 1 saturated carbocycles. The molecule has 1 aliphatic carbocycles. The summed E-state index contributed by atoms with van der Waals surface area (Å²) in [5.41, 5.74) is 5.60. The molecule has 0 spiro atoms. The summed E-state index contributed by atoms with van der Waals surface area (Å²) in [6.07, 6.45) is 2.56. The second-order valence-corrected chi connectivity index (χ2v) is 3.76. The summed E-state index contributed by atoms with van der Waals surface area (Å²) in [5, 5.41) is 0. The quantitative estimate of drug-likeness (QED) is 0.712. The number of aromatic nitrogens is 2. The predicted molar refractivity (Wildman–Crippen MR) is 43.3 cm³/mol. The van der Waals surface area contributed by atoms with Gasteiger partial charge in [0.15, 0.2) is 0 Å². The molecule has 0 amide bonds. The maximum absolute atomic E-state index is 12.6. The van der Waals surface area contributed by atoms with E-state index in [0.29, 0.717) is 5.69 Å². The third kappa shape index (κ3) is 1.23. The van der Waals surface area contributed by atoms with Gasteiger partial charge in [-0.25, -0.2) is 13.8 Å². The normalized spacial score (nSPS) is 24.0. The topological polar surface area (TPSA) is 43.8 Å². The SMILES string of the molecule is Cn1cncc1C1(N)CC(F)(F)C1. The number of aryl methyl sites for hydroxylation is 1. The lowest BCUT2D eigenvalue weighted by atomic mass is 9.72. The Balaban J connectivity index is 2.25. The predicted octanol–water partition coefficient (Wildman–Crippen LogP) is 1.00. The summed E-state index contributed by atoms with van der Waals surface area (Å²) in [6, 6.07) is 0. The number of nitrogens with two attached hydrogens (primary N) is 1. The number of nitrogens with zero attached hydrogens (tertiary/aromatic N) is 2. The molecular formula is C8H11F2N3. The zero-order valence-corrected chi connectivity index (χ0v) is 7.30. The van der Waals surface area contributed by atoms with Crippen LogP contribution in [0.5, 0.6) is 0 Å². The standard InChI is InChI=1S/C8H11F2N3/c1-13-5-12-2-6(13)7(11)3-8(9,10)4-7/h2,5H,3-4,11H2,1H3. The first kappa shape index (κ1) is 8.62. The monoisotopic (exact) mass is 187 g/mol. The molecule has 3 nitrogen and oxygen atoms in total. The molecule has 1 aromatic heterocycles. The van der Waals surface area contributed by atoms with Gasteiger partial charge in [0.1, 0.15) is 0 Å². The molecule has 1 aliphatic rings. The van der Waals surface area contributed by atoms with Crippen LogP contribution in [0.15, 0.2) is 12.5 Å². The third-order valence-corrected chi connectivity index (χ3v) is 2.47. The Bertz CT molecular complexity index is 324. The van der Waals surface area contributed by atoms with Crippen LogP contribution in [0, 0.1) is 0 Å². The Morgan fingerprint density at radius 3 is 2.54 bits per heavy atom. The smallest absolute Gasteiger partial charge is 0.252 e. The first-order chi connectivity index (χ1) is 5.93. The third-order valence-electron chi connectivity index (χ3n) is 2.47. The zero-order valence-electron chi connectivity index (χ0n) is 7.30. The van der Waals surface area contributed by atoms with Crippen molar-refractivity contribution in [2.45, 2.75) is 24.3 Å². The number of imidazole rings is 1. The van der Waals surface area contributed by atoms with E-state index in [0.717, 1.165) is 0 Å². The van der Waals surface area contributed by atoms with Crippen LogP contribution in [-0.4, -0.2) is 15.5 Å². The van der Waals surface area contributed by atoms with Crippen molar-refractivity contribution < 1.29 is 8.78 Å². The summed E-state index contributed by atoms with van der Waals surface area (Å²) >= 11 is 0. The Morgan fingerprint density at radius 2 is 2.15 bits per heavy atom. The number of hydrogen-bond acceptors (Lipinski definition) is 2. The van der Waals surface area contributed by atoms with E-state index < -0.39 is 11.5 Å². The highest BCUT2D eigenvalue weighted by atomic mass is 19.3. The zero-order chi connectivity index (χ0) is 9.69. The molecule has 5 heteroatoms. The fourth-order valence-corrected chi connectivity index (χ4v) is 1.89. The Morgan fingerprint density at radius 1 is 1.54 bits per heavy atom. The van der Waals surface area contributed by atoms with Gasteiger partial charge < -0.3 is 10.3 Å². The van der Waals surface area contributed by atoms with Gasteiger partial charge in [-0.2, -0.15) is 0 Å². The Labute approximate surface area is 74.6 Å². The molecule has 1 aromatic rings. The van der Waals surface area contributed by atoms with Crippen molar-refractivity contribution in [3.8, 4) is 0 Å². The highest BCUT2D eigenvalue weighted by molar-refractivity contribution is 5.20. The highest BCUT2D eigenvalue weighted by Crippen LogP contribution is 2.49. The maximum atomic E-state index is 12.6. The first-order valence-electron chi connectivity index (χ1n) is 4.06. The van der Waals surface area contributed by atoms with E-state index in [1.807, 2.05) is 0 Å². The molecule has 2 N–H and O–H groups in total. The van der Waals surface area contributed by atoms with Gasteiger partial charge >= 0.3 is 0 Å². The van der Waals surface area contributed by atoms with Gasteiger partial charge in [0.05, 0.1) is 23.8 Å². The molecule has 1 heterocycles. The molecule has 0 atom stereocenters. The van der Waals surface area contributed by atoms with E-state index in [2.05, 4.69) is 4.98 Å². The minimum atomic E-state index is -2.60. The molecule has 0 saturated heterocycles. The minimum Gasteiger partial charge on any atom is -0.336 e. The molecule has 0 aliphatic heterocycles. The van der Waals surface area contributed by atoms with Crippen molar-refractivity contribution in [2.24, 2.45) is 12.8 Å². The van der Waals surface area contributed by atoms with Crippen LogP contribution < -0.4 is 5.73 Å². The van der Waals surface area contributed by atoms with E-state index in [9.17, 15) is 8.78 Å². The molecule has 0 unspecified atom stereocenters. The van der Waals surface area contributed by atoms with Crippen LogP contribution in [0.1, 0.15) is 18.5 Å². The van der Waals surface area contributed by atoms with Gasteiger partial charge in [0.25, 0.3) is 5.92 Å². The molecular weight excluding hydrogens is 176 g/mol. The molecule has 13 heavy (non-hydrogen) atoms. The van der Waals surface area contributed by atoms with Crippen LogP contribution in [0.2, 0.25) is 0 Å². The minimum absolute atomic E-state index is 0.278. The number of alkyl halides is 2. The van der Waals surface area contributed by atoms with Gasteiger partial charge in [-0.05, 0) is 0 Å². The van der Waals surface area contributed by atoms with Crippen molar-refractivity contribution in [3.05, 3.63) is 18.2 Å². The van der Waals surface area contributed by atoms with Crippen molar-refractivity contribution in [1.29, 1.82) is 0 Å². The summed E-state index contributed by atoms with van der Waals surface area (Å²) in [7, 11) is 1.76. The lowest BCUT2D eigenvalue weighted by Crippen LogP contribution is -2.56. The van der Waals surface area contributed by atoms with Crippen LogP contribution >= 0.6 is 0 Å². The van der Waals surface area contributed by atoms with Gasteiger partial charge in [0.2, 0.25) is 0 Å². The summed E-state index contributed by atoms with van der Waals surface area (Å²) in [4.78, 5) is 3.86. The molecule has 0 aromatic carbocycles. The van der Waals surface area contributed by atoms with Crippen molar-refractivity contribution in [1.82, 2.24) is 9.55 Å². The van der Waals surface area contributed by atoms with Gasteiger partial charge in [-0.1, -0.05) is 0 Å². The van der Waals surface area contributed by atoms with Gasteiger partial charge in [-0.15, -0.1) is 0 Å². The molecule has 72 valence electrons. The number of rotatable bonds is 1. The summed E-state index contributed by atoms with van der Waals surface area (Å²) in [6.45, 7) is 0. The lowest BCUT2D eigenvalue weighted by molar-refractivity contribution is -0.126. The van der Waals surface area contributed by atoms with E-state index >= 15 is 0 Å². The van der Waals surface area contributed by atoms with E-state index in [1.165, 1.54) is 0 Å². The van der Waals surface area contributed by atoms with Crippen molar-refractivity contribution >= 4 is 0 Å². The Kier molecular flexibility index (Phi) is 1.52. The molecule has 2 rings (SSSR count). The van der Waals surface area contributed by atoms with Gasteiger partial charge in [-0.3, -0.25) is 0 Å². The van der Waals surface area contributed by atoms with Crippen LogP contribution in [-0.2, 0) is 12.6 Å². The van der Waals surface area contributed by atoms with Crippen LogP contribution in [0.25, 0.3) is 0 Å². The maximum Gasteiger partial charge on any atom is 0.252 e. The number of halogens is 2. The Hall–Kier alpha value is -0.970. The molecule has 1 fully saturated rings. The lowest BCUT2D eigenvalue weighted by Gasteiger charge is -2.44. The number of hydrogen-bond donors (Lipinski definition) is 1. The summed E-state index contributed by atoms with van der Waals surface area (Å²) < 4.78 is 27.0. The van der Waals surface area contributed by atoms with Crippen molar-refractivity contribution in [2.75, 3.05) is 0 Å². The second-order valence-electron chi connectivity index (χ2n) is 3.76. The van der Waals surface area contributed by atoms with Crippen LogP contribution in [0.4, 0.5) is 8.78 Å². The largest absolute Gasteiger partial charge is 0.336 e. The molecule has 0 bridgehead atoms. The van der Waals surface area contributed by atoms with E-state index in [4.69, 9.17) is 5.73 Å². The fraction of sp³-hybridized carbons (Fsp3) is 0.625. The highest BCUT2D eigenvalue weighted by Gasteiger charge is 2.56. The summed E-state index contributed by atoms with van der Waals surface area (Å²) in [5.74, 6) is -2.60. The van der Waals surface area contributed by atoms with E-state index in [1.54, 1.807) is 24.1 Å². The first-order valence-corrected chi connectivity index (χ1v) is 4.06. The second kappa shape index (κ2) is 2.29. The average Bonchev–Trinajstić information content (AvgIpc) is 2.30. The van der Waals surface area contributed by atoms with E-state index in [-0.39, 0.29) is 12.8 Å². The fourth-order valence-electron chi connectivity index (χ4n) is 1.89. The van der Waals surface area contributed by atoms with Crippen molar-refractivity contribution in [3.63, 3.8) is 0 Å². The van der Waals surface area contributed by atoms with Crippen LogP contribution in [0.3, 0.4) is 0 Å². The average molecular weight is 187 g/mol. The van der Waals surface area contributed by atoms with Gasteiger partial charge in [0, 0.05) is 19.9 Å². The molecule has 0 radical (unpaired) electrons.